The lowest BCUT2D eigenvalue weighted by molar-refractivity contribution is 0.689. The summed E-state index contributed by atoms with van der Waals surface area (Å²) in [5.41, 5.74) is 3.72. The van der Waals surface area contributed by atoms with E-state index in [4.69, 9.17) is 0 Å². The van der Waals surface area contributed by atoms with Gasteiger partial charge in [-0.05, 0) is 29.2 Å². The standard InChI is InChI=1S/C16H19N/c1-13(2)12-17-16-10-6-9-15(11-16)14-7-4-3-5-8-14/h3-11,13,17H,12H2,1-2H3. The molecular formula is C16H19N. The normalized spacial score (nSPS) is 10.5. The van der Waals surface area contributed by atoms with Crippen molar-refractivity contribution in [1.29, 1.82) is 0 Å². The highest BCUT2D eigenvalue weighted by atomic mass is 14.9. The second-order valence-corrected chi connectivity index (χ2v) is 4.72. The van der Waals surface area contributed by atoms with E-state index in [-0.39, 0.29) is 0 Å². The van der Waals surface area contributed by atoms with Crippen LogP contribution in [0.5, 0.6) is 0 Å². The van der Waals surface area contributed by atoms with Gasteiger partial charge in [-0.3, -0.25) is 0 Å². The lowest BCUT2D eigenvalue weighted by Crippen LogP contribution is -2.07. The molecule has 2 rings (SSSR count). The highest BCUT2D eigenvalue weighted by Crippen LogP contribution is 2.22. The summed E-state index contributed by atoms with van der Waals surface area (Å²) in [6.45, 7) is 5.44. The van der Waals surface area contributed by atoms with Crippen LogP contribution >= 0.6 is 0 Å². The maximum Gasteiger partial charge on any atom is 0.0346 e. The number of nitrogens with one attached hydrogen (secondary N) is 1. The zero-order chi connectivity index (χ0) is 12.1. The second kappa shape index (κ2) is 5.53. The zero-order valence-electron chi connectivity index (χ0n) is 10.5. The molecule has 0 unspecified atom stereocenters. The zero-order valence-corrected chi connectivity index (χ0v) is 10.5. The average molecular weight is 225 g/mol. The first-order valence-electron chi connectivity index (χ1n) is 6.15. The smallest absolute Gasteiger partial charge is 0.0346 e. The van der Waals surface area contributed by atoms with Crippen molar-refractivity contribution in [2.24, 2.45) is 5.92 Å². The molecule has 0 aromatic heterocycles. The van der Waals surface area contributed by atoms with Gasteiger partial charge in [0, 0.05) is 12.2 Å². The molecule has 1 heteroatoms. The van der Waals surface area contributed by atoms with Crippen LogP contribution in [0.4, 0.5) is 5.69 Å². The number of hydrogen-bond acceptors (Lipinski definition) is 1. The molecule has 0 radical (unpaired) electrons. The summed E-state index contributed by atoms with van der Waals surface area (Å²) >= 11 is 0. The molecule has 0 aliphatic rings. The highest BCUT2D eigenvalue weighted by Gasteiger charge is 1.99. The summed E-state index contributed by atoms with van der Waals surface area (Å²) in [7, 11) is 0. The van der Waals surface area contributed by atoms with E-state index in [2.05, 4.69) is 67.7 Å². The van der Waals surface area contributed by atoms with Crippen molar-refractivity contribution in [1.82, 2.24) is 0 Å². The van der Waals surface area contributed by atoms with Crippen LogP contribution in [-0.2, 0) is 0 Å². The molecule has 17 heavy (non-hydrogen) atoms. The van der Waals surface area contributed by atoms with E-state index >= 15 is 0 Å². The predicted octanol–water partition coefficient (Wildman–Crippen LogP) is 4.42. The molecule has 0 saturated carbocycles. The molecule has 0 fully saturated rings. The fraction of sp³-hybridized carbons (Fsp3) is 0.250. The summed E-state index contributed by atoms with van der Waals surface area (Å²) in [6, 6.07) is 19.0. The Labute approximate surface area is 103 Å². The molecule has 0 spiro atoms. The Bertz CT molecular complexity index is 460. The summed E-state index contributed by atoms with van der Waals surface area (Å²) in [4.78, 5) is 0. The minimum Gasteiger partial charge on any atom is -0.385 e. The number of benzene rings is 2. The third-order valence-electron chi connectivity index (χ3n) is 2.68. The Morgan fingerprint density at radius 3 is 2.29 bits per heavy atom. The molecule has 0 aliphatic carbocycles. The Morgan fingerprint density at radius 2 is 1.59 bits per heavy atom. The van der Waals surface area contributed by atoms with Gasteiger partial charge in [-0.25, -0.2) is 0 Å². The molecule has 0 bridgehead atoms. The molecule has 0 saturated heterocycles. The average Bonchev–Trinajstić information content (AvgIpc) is 2.38. The quantitative estimate of drug-likeness (QED) is 0.812. The van der Waals surface area contributed by atoms with Gasteiger partial charge in [0.15, 0.2) is 0 Å². The van der Waals surface area contributed by atoms with Crippen LogP contribution in [0.2, 0.25) is 0 Å². The van der Waals surface area contributed by atoms with E-state index in [1.54, 1.807) is 0 Å². The van der Waals surface area contributed by atoms with E-state index in [9.17, 15) is 0 Å². The predicted molar refractivity (Wildman–Crippen MR) is 75.2 cm³/mol. The van der Waals surface area contributed by atoms with Crippen molar-refractivity contribution >= 4 is 5.69 Å². The van der Waals surface area contributed by atoms with E-state index < -0.39 is 0 Å². The summed E-state index contributed by atoms with van der Waals surface area (Å²) in [5.74, 6) is 0.662. The molecule has 0 atom stereocenters. The summed E-state index contributed by atoms with van der Waals surface area (Å²) in [5, 5.41) is 3.45. The Hall–Kier alpha value is -1.76. The van der Waals surface area contributed by atoms with Gasteiger partial charge in [0.1, 0.15) is 0 Å². The van der Waals surface area contributed by atoms with Crippen LogP contribution in [0.25, 0.3) is 11.1 Å². The molecule has 0 aliphatic heterocycles. The molecule has 2 aromatic carbocycles. The first-order valence-corrected chi connectivity index (χ1v) is 6.15. The Balaban J connectivity index is 2.17. The molecule has 1 nitrogen and oxygen atoms in total. The molecule has 88 valence electrons. The topological polar surface area (TPSA) is 12.0 Å². The van der Waals surface area contributed by atoms with E-state index in [0.29, 0.717) is 5.92 Å². The van der Waals surface area contributed by atoms with Gasteiger partial charge >= 0.3 is 0 Å². The van der Waals surface area contributed by atoms with Gasteiger partial charge in [0.25, 0.3) is 0 Å². The number of hydrogen-bond donors (Lipinski definition) is 1. The van der Waals surface area contributed by atoms with Gasteiger partial charge in [0.2, 0.25) is 0 Å². The van der Waals surface area contributed by atoms with Crippen LogP contribution in [0, 0.1) is 5.92 Å². The van der Waals surface area contributed by atoms with Crippen LogP contribution < -0.4 is 5.32 Å². The van der Waals surface area contributed by atoms with Gasteiger partial charge < -0.3 is 5.32 Å². The third kappa shape index (κ3) is 3.35. The van der Waals surface area contributed by atoms with Gasteiger partial charge in [-0.15, -0.1) is 0 Å². The largest absolute Gasteiger partial charge is 0.385 e. The number of anilines is 1. The molecule has 1 N–H and O–H groups in total. The highest BCUT2D eigenvalue weighted by molar-refractivity contribution is 5.67. The van der Waals surface area contributed by atoms with Crippen molar-refractivity contribution in [3.63, 3.8) is 0 Å². The lowest BCUT2D eigenvalue weighted by atomic mass is 10.1. The van der Waals surface area contributed by atoms with Crippen molar-refractivity contribution in [3.05, 3.63) is 54.6 Å². The fourth-order valence-corrected chi connectivity index (χ4v) is 1.76. The lowest BCUT2D eigenvalue weighted by Gasteiger charge is -2.10. The first-order chi connectivity index (χ1) is 8.25. The minimum absolute atomic E-state index is 0.662. The Morgan fingerprint density at radius 1 is 0.882 bits per heavy atom. The van der Waals surface area contributed by atoms with Crippen molar-refractivity contribution in [3.8, 4) is 11.1 Å². The summed E-state index contributed by atoms with van der Waals surface area (Å²) in [6.07, 6.45) is 0. The second-order valence-electron chi connectivity index (χ2n) is 4.72. The fourth-order valence-electron chi connectivity index (χ4n) is 1.76. The van der Waals surface area contributed by atoms with E-state index in [1.165, 1.54) is 16.8 Å². The van der Waals surface area contributed by atoms with Crippen molar-refractivity contribution in [2.75, 3.05) is 11.9 Å². The number of rotatable bonds is 4. The molecule has 2 aromatic rings. The SMILES string of the molecule is CC(C)CNc1cccc(-c2ccccc2)c1. The third-order valence-corrected chi connectivity index (χ3v) is 2.68. The van der Waals surface area contributed by atoms with Crippen molar-refractivity contribution < 1.29 is 0 Å². The first kappa shape index (κ1) is 11.7. The van der Waals surface area contributed by atoms with Gasteiger partial charge in [-0.1, -0.05) is 56.3 Å². The Kier molecular flexibility index (Phi) is 3.81. The van der Waals surface area contributed by atoms with E-state index in [1.807, 2.05) is 6.07 Å². The minimum atomic E-state index is 0.662. The van der Waals surface area contributed by atoms with Crippen LogP contribution in [-0.4, -0.2) is 6.54 Å². The van der Waals surface area contributed by atoms with Crippen LogP contribution in [0.3, 0.4) is 0 Å². The van der Waals surface area contributed by atoms with Crippen LogP contribution in [0.1, 0.15) is 13.8 Å². The van der Waals surface area contributed by atoms with E-state index in [0.717, 1.165) is 6.54 Å². The molecular weight excluding hydrogens is 206 g/mol. The van der Waals surface area contributed by atoms with Crippen molar-refractivity contribution in [2.45, 2.75) is 13.8 Å². The molecule has 0 heterocycles. The van der Waals surface area contributed by atoms with Gasteiger partial charge in [0.05, 0.1) is 0 Å². The molecule has 0 amide bonds. The monoisotopic (exact) mass is 225 g/mol. The van der Waals surface area contributed by atoms with Crippen LogP contribution in [0.15, 0.2) is 54.6 Å². The maximum atomic E-state index is 3.45. The van der Waals surface area contributed by atoms with Gasteiger partial charge in [-0.2, -0.15) is 0 Å². The maximum absolute atomic E-state index is 3.45. The summed E-state index contributed by atoms with van der Waals surface area (Å²) < 4.78 is 0.